The second-order valence-electron chi connectivity index (χ2n) is 3.59. The van der Waals surface area contributed by atoms with Crippen LogP contribution < -0.4 is 5.32 Å². The number of carboxylic acid groups (broad SMARTS) is 1. The molecule has 0 aliphatic rings. The van der Waals surface area contributed by atoms with Crippen LogP contribution in [-0.2, 0) is 15.6 Å². The largest absolute Gasteiger partial charge is 0.478 e. The first-order valence-corrected chi connectivity index (χ1v) is 6.85. The maximum absolute atomic E-state index is 11.9. The molecule has 5 nitrogen and oxygen atoms in total. The van der Waals surface area contributed by atoms with E-state index in [2.05, 4.69) is 5.32 Å². The summed E-state index contributed by atoms with van der Waals surface area (Å²) in [5.74, 6) is -1.02. The van der Waals surface area contributed by atoms with Crippen molar-refractivity contribution in [2.75, 3.05) is 12.3 Å². The van der Waals surface area contributed by atoms with Crippen LogP contribution >= 0.6 is 0 Å². The van der Waals surface area contributed by atoms with Crippen LogP contribution in [0.4, 0.5) is 0 Å². The van der Waals surface area contributed by atoms with Gasteiger partial charge in [0.05, 0.1) is 16.4 Å². The van der Waals surface area contributed by atoms with Gasteiger partial charge in [0.1, 0.15) is 0 Å². The first kappa shape index (κ1) is 14.4. The standard InChI is InChI=1S/C12H15NO4S/c1-2-13-11(14)6-7-18(17)10-5-3-4-9(8-10)12(15)16/h3-5,8H,2,6-7H2,1H3,(H,13,14)(H,15,16). The highest BCUT2D eigenvalue weighted by Gasteiger charge is 2.10. The smallest absolute Gasteiger partial charge is 0.335 e. The lowest BCUT2D eigenvalue weighted by Crippen LogP contribution is -2.24. The number of rotatable bonds is 6. The normalized spacial score (nSPS) is 11.8. The number of benzene rings is 1. The summed E-state index contributed by atoms with van der Waals surface area (Å²) in [6, 6.07) is 5.95. The Bertz CT molecular complexity index is 473. The van der Waals surface area contributed by atoms with E-state index in [1.54, 1.807) is 12.1 Å². The number of carboxylic acids is 1. The monoisotopic (exact) mass is 269 g/mol. The molecule has 1 unspecified atom stereocenters. The molecule has 0 bridgehead atoms. The van der Waals surface area contributed by atoms with Crippen LogP contribution in [0, 0.1) is 0 Å². The van der Waals surface area contributed by atoms with Gasteiger partial charge in [-0.15, -0.1) is 0 Å². The second kappa shape index (κ2) is 6.90. The molecule has 1 aromatic rings. The first-order valence-electron chi connectivity index (χ1n) is 5.53. The van der Waals surface area contributed by atoms with Crippen molar-refractivity contribution >= 4 is 22.7 Å². The third-order valence-corrected chi connectivity index (χ3v) is 3.59. The Hall–Kier alpha value is -1.69. The summed E-state index contributed by atoms with van der Waals surface area (Å²) in [7, 11) is -1.36. The van der Waals surface area contributed by atoms with Gasteiger partial charge in [0, 0.05) is 23.6 Å². The van der Waals surface area contributed by atoms with Gasteiger partial charge in [-0.3, -0.25) is 9.00 Å². The number of hydrogen-bond donors (Lipinski definition) is 2. The number of nitrogens with one attached hydrogen (secondary N) is 1. The average Bonchev–Trinajstić information content (AvgIpc) is 2.36. The number of aromatic carboxylic acids is 1. The molecule has 0 fully saturated rings. The molecule has 1 rings (SSSR count). The molecule has 0 aliphatic heterocycles. The minimum Gasteiger partial charge on any atom is -0.478 e. The lowest BCUT2D eigenvalue weighted by Gasteiger charge is -2.04. The summed E-state index contributed by atoms with van der Waals surface area (Å²) in [6.07, 6.45) is 0.164. The second-order valence-corrected chi connectivity index (χ2v) is 5.16. The van der Waals surface area contributed by atoms with Gasteiger partial charge in [0.15, 0.2) is 0 Å². The number of carbonyl (C=O) groups excluding carboxylic acids is 1. The van der Waals surface area contributed by atoms with E-state index >= 15 is 0 Å². The molecule has 0 saturated carbocycles. The molecule has 0 saturated heterocycles. The van der Waals surface area contributed by atoms with E-state index in [1.165, 1.54) is 12.1 Å². The van der Waals surface area contributed by atoms with Crippen LogP contribution in [0.25, 0.3) is 0 Å². The van der Waals surface area contributed by atoms with Gasteiger partial charge < -0.3 is 10.4 Å². The molecule has 1 aromatic carbocycles. The lowest BCUT2D eigenvalue weighted by atomic mass is 10.2. The molecule has 0 radical (unpaired) electrons. The van der Waals surface area contributed by atoms with E-state index < -0.39 is 16.8 Å². The Morgan fingerprint density at radius 3 is 2.72 bits per heavy atom. The van der Waals surface area contributed by atoms with Crippen LogP contribution in [0.15, 0.2) is 29.2 Å². The molecule has 1 amide bonds. The SMILES string of the molecule is CCNC(=O)CCS(=O)c1cccc(C(=O)O)c1. The molecule has 98 valence electrons. The van der Waals surface area contributed by atoms with Gasteiger partial charge in [-0.2, -0.15) is 0 Å². The number of carbonyl (C=O) groups is 2. The lowest BCUT2D eigenvalue weighted by molar-refractivity contribution is -0.120. The van der Waals surface area contributed by atoms with Gasteiger partial charge >= 0.3 is 5.97 Å². The Kier molecular flexibility index (Phi) is 5.51. The van der Waals surface area contributed by atoms with Crippen molar-refractivity contribution in [1.82, 2.24) is 5.32 Å². The third kappa shape index (κ3) is 4.29. The topological polar surface area (TPSA) is 83.5 Å². The predicted octanol–water partition coefficient (Wildman–Crippen LogP) is 1.02. The van der Waals surface area contributed by atoms with Gasteiger partial charge in [-0.05, 0) is 25.1 Å². The Morgan fingerprint density at radius 1 is 1.39 bits per heavy atom. The molecule has 2 N–H and O–H groups in total. The van der Waals surface area contributed by atoms with Crippen LogP contribution in [0.1, 0.15) is 23.7 Å². The van der Waals surface area contributed by atoms with Crippen molar-refractivity contribution in [3.63, 3.8) is 0 Å². The highest BCUT2D eigenvalue weighted by molar-refractivity contribution is 7.85. The minimum absolute atomic E-state index is 0.0962. The van der Waals surface area contributed by atoms with Crippen molar-refractivity contribution in [1.29, 1.82) is 0 Å². The quantitative estimate of drug-likeness (QED) is 0.807. The molecule has 1 atom stereocenters. The van der Waals surface area contributed by atoms with Crippen molar-refractivity contribution < 1.29 is 18.9 Å². The maximum atomic E-state index is 11.9. The van der Waals surface area contributed by atoms with Crippen molar-refractivity contribution in [3.05, 3.63) is 29.8 Å². The Balaban J connectivity index is 2.64. The summed E-state index contributed by atoms with van der Waals surface area (Å²) < 4.78 is 11.9. The van der Waals surface area contributed by atoms with Gasteiger partial charge in [-0.25, -0.2) is 4.79 Å². The average molecular weight is 269 g/mol. The molecule has 0 aliphatic carbocycles. The highest BCUT2D eigenvalue weighted by atomic mass is 32.2. The molecular formula is C12H15NO4S. The summed E-state index contributed by atoms with van der Waals surface area (Å²) in [5, 5.41) is 11.4. The van der Waals surface area contributed by atoms with Gasteiger partial charge in [-0.1, -0.05) is 6.07 Å². The zero-order chi connectivity index (χ0) is 13.5. The molecule has 0 aromatic heterocycles. The van der Waals surface area contributed by atoms with Crippen molar-refractivity contribution in [2.24, 2.45) is 0 Å². The van der Waals surface area contributed by atoms with E-state index in [4.69, 9.17) is 5.11 Å². The fraction of sp³-hybridized carbons (Fsp3) is 0.333. The minimum atomic E-state index is -1.36. The zero-order valence-corrected chi connectivity index (χ0v) is 10.8. The highest BCUT2D eigenvalue weighted by Crippen LogP contribution is 2.10. The number of hydrogen-bond acceptors (Lipinski definition) is 3. The first-order chi connectivity index (χ1) is 8.54. The predicted molar refractivity (Wildman–Crippen MR) is 68.0 cm³/mol. The molecular weight excluding hydrogens is 254 g/mol. The molecule has 0 heterocycles. The summed E-state index contributed by atoms with van der Waals surface area (Å²) in [6.45, 7) is 2.35. The van der Waals surface area contributed by atoms with Crippen LogP contribution in [0.2, 0.25) is 0 Å². The van der Waals surface area contributed by atoms with Gasteiger partial charge in [0.25, 0.3) is 0 Å². The molecule has 6 heteroatoms. The van der Waals surface area contributed by atoms with Crippen LogP contribution in [0.3, 0.4) is 0 Å². The van der Waals surface area contributed by atoms with Crippen molar-refractivity contribution in [2.45, 2.75) is 18.2 Å². The molecule has 0 spiro atoms. The summed E-state index contributed by atoms with van der Waals surface area (Å²) >= 11 is 0. The fourth-order valence-corrected chi connectivity index (χ4v) is 2.45. The number of amides is 1. The Labute approximate surface area is 108 Å². The third-order valence-electron chi connectivity index (χ3n) is 2.23. The van der Waals surface area contributed by atoms with Crippen LogP contribution in [-0.4, -0.2) is 33.5 Å². The van der Waals surface area contributed by atoms with E-state index in [-0.39, 0.29) is 23.6 Å². The molecule has 18 heavy (non-hydrogen) atoms. The van der Waals surface area contributed by atoms with E-state index in [0.29, 0.717) is 11.4 Å². The van der Waals surface area contributed by atoms with E-state index in [9.17, 15) is 13.8 Å². The van der Waals surface area contributed by atoms with E-state index in [1.807, 2.05) is 6.92 Å². The maximum Gasteiger partial charge on any atom is 0.335 e. The van der Waals surface area contributed by atoms with Crippen LogP contribution in [0.5, 0.6) is 0 Å². The zero-order valence-electron chi connectivity index (χ0n) is 10.0. The Morgan fingerprint density at radius 2 is 2.11 bits per heavy atom. The van der Waals surface area contributed by atoms with E-state index in [0.717, 1.165) is 0 Å². The summed E-state index contributed by atoms with van der Waals surface area (Å²) in [5.41, 5.74) is 0.0962. The fourth-order valence-electron chi connectivity index (χ4n) is 1.36. The van der Waals surface area contributed by atoms with Crippen molar-refractivity contribution in [3.8, 4) is 0 Å². The summed E-state index contributed by atoms with van der Waals surface area (Å²) in [4.78, 5) is 22.4. The van der Waals surface area contributed by atoms with Gasteiger partial charge in [0.2, 0.25) is 5.91 Å².